The molecule has 0 aromatic rings. The maximum absolute atomic E-state index is 12.4. The first-order valence-electron chi connectivity index (χ1n) is 9.86. The zero-order valence-electron chi connectivity index (χ0n) is 17.1. The minimum absolute atomic E-state index is 0.221. The minimum Gasteiger partial charge on any atom is -0.444 e. The Hall–Kier alpha value is -1.50. The summed E-state index contributed by atoms with van der Waals surface area (Å²) >= 11 is 0. The number of nitrogens with zero attached hydrogens (tertiary/aromatic N) is 3. The highest BCUT2D eigenvalue weighted by Gasteiger charge is 2.35. The molecule has 1 saturated carbocycles. The van der Waals surface area contributed by atoms with Gasteiger partial charge in [-0.25, -0.2) is 4.79 Å². The molecule has 0 bridgehead atoms. The molecular formula is C19H36N4O3. The number of amides is 1. The van der Waals surface area contributed by atoms with Gasteiger partial charge in [0.1, 0.15) is 5.60 Å². The number of hydrogen-bond acceptors (Lipinski definition) is 4. The van der Waals surface area contributed by atoms with Gasteiger partial charge >= 0.3 is 6.09 Å². The molecule has 1 heterocycles. The number of carbonyl (C=O) groups is 1. The molecule has 1 amide bonds. The van der Waals surface area contributed by atoms with Gasteiger partial charge in [-0.1, -0.05) is 0 Å². The summed E-state index contributed by atoms with van der Waals surface area (Å²) in [7, 11) is 1.76. The Morgan fingerprint density at radius 2 is 2.04 bits per heavy atom. The second kappa shape index (κ2) is 9.44. The summed E-state index contributed by atoms with van der Waals surface area (Å²) in [4.78, 5) is 21.3. The van der Waals surface area contributed by atoms with Gasteiger partial charge < -0.3 is 24.6 Å². The van der Waals surface area contributed by atoms with Gasteiger partial charge in [0.25, 0.3) is 0 Å². The maximum atomic E-state index is 12.4. The molecule has 7 nitrogen and oxygen atoms in total. The van der Waals surface area contributed by atoms with Gasteiger partial charge in [0.15, 0.2) is 5.96 Å². The van der Waals surface area contributed by atoms with E-state index < -0.39 is 5.60 Å². The van der Waals surface area contributed by atoms with Crippen LogP contribution in [0.1, 0.15) is 47.0 Å². The molecule has 2 rings (SSSR count). The number of carbonyl (C=O) groups excluding carboxylic acids is 1. The molecule has 2 fully saturated rings. The number of methoxy groups -OCH3 is 1. The first-order valence-corrected chi connectivity index (χ1v) is 9.86. The summed E-state index contributed by atoms with van der Waals surface area (Å²) in [5, 5.41) is 3.37. The van der Waals surface area contributed by atoms with Crippen LogP contribution in [-0.2, 0) is 9.47 Å². The van der Waals surface area contributed by atoms with Gasteiger partial charge in [0.2, 0.25) is 0 Å². The van der Waals surface area contributed by atoms with Gasteiger partial charge in [-0.15, -0.1) is 0 Å². The van der Waals surface area contributed by atoms with E-state index in [1.54, 1.807) is 7.11 Å². The highest BCUT2D eigenvalue weighted by atomic mass is 16.6. The number of guanidine groups is 1. The van der Waals surface area contributed by atoms with Crippen LogP contribution < -0.4 is 5.32 Å². The van der Waals surface area contributed by atoms with Crippen LogP contribution in [0, 0.1) is 5.92 Å². The molecular weight excluding hydrogens is 332 g/mol. The summed E-state index contributed by atoms with van der Waals surface area (Å²) < 4.78 is 10.8. The second-order valence-corrected chi connectivity index (χ2v) is 8.20. The van der Waals surface area contributed by atoms with Gasteiger partial charge in [0, 0.05) is 45.2 Å². The Labute approximate surface area is 158 Å². The average Bonchev–Trinajstić information content (AvgIpc) is 3.27. The van der Waals surface area contributed by atoms with Crippen molar-refractivity contribution in [1.29, 1.82) is 0 Å². The molecule has 26 heavy (non-hydrogen) atoms. The molecule has 0 aromatic carbocycles. The van der Waals surface area contributed by atoms with E-state index in [4.69, 9.17) is 14.5 Å². The zero-order chi connectivity index (χ0) is 19.2. The molecule has 150 valence electrons. The van der Waals surface area contributed by atoms with Crippen molar-refractivity contribution < 1.29 is 14.3 Å². The summed E-state index contributed by atoms with van der Waals surface area (Å²) in [5.41, 5.74) is -0.464. The Kier molecular flexibility index (Phi) is 7.55. The second-order valence-electron chi connectivity index (χ2n) is 8.20. The topological polar surface area (TPSA) is 66.4 Å². The molecule has 0 radical (unpaired) electrons. The SMILES string of the molecule is CCNC(=NCCN(C(=O)OC(C)(C)C)C1CC1)N1CCC(COC)C1. The molecule has 7 heteroatoms. The van der Waals surface area contributed by atoms with Crippen LogP contribution in [0.15, 0.2) is 4.99 Å². The Balaban J connectivity index is 1.90. The summed E-state index contributed by atoms with van der Waals surface area (Å²) in [6, 6.07) is 0.320. The van der Waals surface area contributed by atoms with E-state index in [0.29, 0.717) is 25.0 Å². The third-order valence-electron chi connectivity index (χ3n) is 4.54. The quantitative estimate of drug-likeness (QED) is 0.552. The van der Waals surface area contributed by atoms with Crippen LogP contribution in [-0.4, -0.2) is 79.9 Å². The molecule has 0 spiro atoms. The predicted octanol–water partition coefficient (Wildman–Crippen LogP) is 2.32. The minimum atomic E-state index is -0.464. The number of aliphatic imine (C=N–C) groups is 1. The van der Waals surface area contributed by atoms with Crippen LogP contribution >= 0.6 is 0 Å². The standard InChI is InChI=1S/C19H36N4O3/c1-6-20-17(22-11-9-15(13-22)14-25-5)21-10-12-23(16-7-8-16)18(24)26-19(2,3)4/h15-16H,6-14H2,1-5H3,(H,20,21). The number of rotatable bonds is 7. The van der Waals surface area contributed by atoms with Crippen LogP contribution in [0.25, 0.3) is 0 Å². The average molecular weight is 369 g/mol. The van der Waals surface area contributed by atoms with E-state index >= 15 is 0 Å². The fourth-order valence-corrected chi connectivity index (χ4v) is 3.22. The molecule has 1 N–H and O–H groups in total. The third kappa shape index (κ3) is 6.67. The monoisotopic (exact) mass is 368 g/mol. The molecule has 1 aliphatic heterocycles. The van der Waals surface area contributed by atoms with E-state index in [0.717, 1.165) is 51.5 Å². The van der Waals surface area contributed by atoms with E-state index in [2.05, 4.69) is 17.1 Å². The van der Waals surface area contributed by atoms with Crippen LogP contribution in [0.5, 0.6) is 0 Å². The molecule has 2 aliphatic rings. The lowest BCUT2D eigenvalue weighted by atomic mass is 10.1. The summed E-state index contributed by atoms with van der Waals surface area (Å²) in [5.74, 6) is 1.50. The Morgan fingerprint density at radius 3 is 2.62 bits per heavy atom. The molecule has 1 unspecified atom stereocenters. The zero-order valence-corrected chi connectivity index (χ0v) is 17.1. The Bertz CT molecular complexity index is 486. The molecule has 1 aliphatic carbocycles. The van der Waals surface area contributed by atoms with Crippen molar-refractivity contribution in [2.75, 3.05) is 46.4 Å². The van der Waals surface area contributed by atoms with E-state index in [9.17, 15) is 4.79 Å². The van der Waals surface area contributed by atoms with E-state index in [-0.39, 0.29) is 6.09 Å². The summed E-state index contributed by atoms with van der Waals surface area (Å²) in [6.07, 6.45) is 3.04. The van der Waals surface area contributed by atoms with Gasteiger partial charge in [0.05, 0.1) is 13.2 Å². The number of ether oxygens (including phenoxy) is 2. The van der Waals surface area contributed by atoms with Gasteiger partial charge in [-0.05, 0) is 47.0 Å². The highest BCUT2D eigenvalue weighted by molar-refractivity contribution is 5.80. The fourth-order valence-electron chi connectivity index (χ4n) is 3.22. The van der Waals surface area contributed by atoms with Crippen molar-refractivity contribution >= 4 is 12.1 Å². The normalized spacial score (nSPS) is 21.0. The lowest BCUT2D eigenvalue weighted by molar-refractivity contribution is 0.0240. The predicted molar refractivity (Wildman–Crippen MR) is 103 cm³/mol. The number of likely N-dealkylation sites (tertiary alicyclic amines) is 1. The first-order chi connectivity index (χ1) is 12.3. The van der Waals surface area contributed by atoms with Crippen LogP contribution in [0.4, 0.5) is 4.79 Å². The van der Waals surface area contributed by atoms with Crippen LogP contribution in [0.3, 0.4) is 0 Å². The molecule has 1 atom stereocenters. The highest BCUT2D eigenvalue weighted by Crippen LogP contribution is 2.28. The van der Waals surface area contributed by atoms with E-state index in [1.807, 2.05) is 25.7 Å². The van der Waals surface area contributed by atoms with Crippen molar-refractivity contribution in [3.63, 3.8) is 0 Å². The van der Waals surface area contributed by atoms with Crippen molar-refractivity contribution in [2.45, 2.75) is 58.6 Å². The lowest BCUT2D eigenvalue weighted by Gasteiger charge is -2.27. The lowest BCUT2D eigenvalue weighted by Crippen LogP contribution is -2.42. The van der Waals surface area contributed by atoms with Gasteiger partial charge in [-0.2, -0.15) is 0 Å². The fraction of sp³-hybridized carbons (Fsp3) is 0.895. The summed E-state index contributed by atoms with van der Waals surface area (Å²) in [6.45, 7) is 12.6. The van der Waals surface area contributed by atoms with E-state index in [1.165, 1.54) is 0 Å². The van der Waals surface area contributed by atoms with Crippen molar-refractivity contribution in [1.82, 2.24) is 15.1 Å². The maximum Gasteiger partial charge on any atom is 0.410 e. The third-order valence-corrected chi connectivity index (χ3v) is 4.54. The van der Waals surface area contributed by atoms with Crippen molar-refractivity contribution in [2.24, 2.45) is 10.9 Å². The van der Waals surface area contributed by atoms with Crippen LogP contribution in [0.2, 0.25) is 0 Å². The van der Waals surface area contributed by atoms with Crippen molar-refractivity contribution in [3.05, 3.63) is 0 Å². The Morgan fingerprint density at radius 1 is 1.31 bits per heavy atom. The number of hydrogen-bond donors (Lipinski definition) is 1. The molecule has 0 aromatic heterocycles. The smallest absolute Gasteiger partial charge is 0.410 e. The first kappa shape index (κ1) is 20.8. The number of nitrogens with one attached hydrogen (secondary N) is 1. The van der Waals surface area contributed by atoms with Crippen molar-refractivity contribution in [3.8, 4) is 0 Å². The molecule has 1 saturated heterocycles. The largest absolute Gasteiger partial charge is 0.444 e. The van der Waals surface area contributed by atoms with Gasteiger partial charge in [-0.3, -0.25) is 4.99 Å².